The monoisotopic (exact) mass is 340 g/mol. The number of fused-ring (bicyclic) bond motifs is 1. The molecule has 0 spiro atoms. The first-order chi connectivity index (χ1) is 11.3. The molecule has 3 N–H and O–H groups in total. The summed E-state index contributed by atoms with van der Waals surface area (Å²) in [4.78, 5) is 26.8. The maximum atomic E-state index is 12.4. The minimum atomic E-state index is -4.92. The van der Waals surface area contributed by atoms with E-state index in [2.05, 4.69) is 35.7 Å². The molecule has 124 valence electrons. The van der Waals surface area contributed by atoms with Crippen LogP contribution in [0.3, 0.4) is 0 Å². The van der Waals surface area contributed by atoms with E-state index < -0.39 is 23.4 Å². The van der Waals surface area contributed by atoms with Crippen molar-refractivity contribution in [3.63, 3.8) is 0 Å². The van der Waals surface area contributed by atoms with E-state index in [1.807, 2.05) is 0 Å². The lowest BCUT2D eigenvalue weighted by atomic mass is 10.1. The Kier molecular flexibility index (Phi) is 3.63. The fraction of sp³-hybridized carbons (Fsp3) is 0.0833. The summed E-state index contributed by atoms with van der Waals surface area (Å²) < 4.78 is 41.0. The SMILES string of the molecule is O=C(Nc1nn[nH]n1)c1c[nH]c2c(OC(F)(F)F)cccc2c1=O. The number of amides is 1. The van der Waals surface area contributed by atoms with E-state index in [1.54, 1.807) is 0 Å². The van der Waals surface area contributed by atoms with Crippen LogP contribution in [-0.4, -0.2) is 37.9 Å². The van der Waals surface area contributed by atoms with E-state index in [0.29, 0.717) is 0 Å². The van der Waals surface area contributed by atoms with Crippen LogP contribution in [0.25, 0.3) is 10.9 Å². The van der Waals surface area contributed by atoms with E-state index in [0.717, 1.165) is 12.3 Å². The molecule has 0 radical (unpaired) electrons. The van der Waals surface area contributed by atoms with E-state index in [1.165, 1.54) is 12.1 Å². The third-order valence-electron chi connectivity index (χ3n) is 2.92. The van der Waals surface area contributed by atoms with Crippen LogP contribution < -0.4 is 15.5 Å². The zero-order valence-electron chi connectivity index (χ0n) is 11.5. The van der Waals surface area contributed by atoms with Gasteiger partial charge in [-0.05, 0) is 17.3 Å². The van der Waals surface area contributed by atoms with Crippen molar-refractivity contribution >= 4 is 22.8 Å². The first-order valence-electron chi connectivity index (χ1n) is 6.30. The Morgan fingerprint density at radius 3 is 2.75 bits per heavy atom. The standard InChI is InChI=1S/C12H7F3N6O3/c13-12(14,15)24-7-3-1-2-5-8(7)16-4-6(9(5)22)10(23)17-11-18-20-21-19-11/h1-4H,(H,16,22)(H2,17,18,19,20,21,23). The maximum Gasteiger partial charge on any atom is 0.573 e. The van der Waals surface area contributed by atoms with Gasteiger partial charge in [-0.15, -0.1) is 18.3 Å². The summed E-state index contributed by atoms with van der Waals surface area (Å²) in [6, 6.07) is 3.52. The van der Waals surface area contributed by atoms with Gasteiger partial charge < -0.3 is 9.72 Å². The minimum absolute atomic E-state index is 0.141. The molecule has 0 atom stereocenters. The average Bonchev–Trinajstić information content (AvgIpc) is 2.99. The zero-order chi connectivity index (χ0) is 17.3. The molecule has 1 aromatic carbocycles. The molecule has 3 aromatic rings. The van der Waals surface area contributed by atoms with Gasteiger partial charge in [-0.2, -0.15) is 5.21 Å². The van der Waals surface area contributed by atoms with Crippen LogP contribution in [0.1, 0.15) is 10.4 Å². The summed E-state index contributed by atoms with van der Waals surface area (Å²) in [5.41, 5.74) is -1.30. The molecule has 9 nitrogen and oxygen atoms in total. The first-order valence-corrected chi connectivity index (χ1v) is 6.30. The number of hydrogen-bond donors (Lipinski definition) is 3. The number of tetrazole rings is 1. The third kappa shape index (κ3) is 3.02. The molecule has 3 rings (SSSR count). The summed E-state index contributed by atoms with van der Waals surface area (Å²) >= 11 is 0. The van der Waals surface area contributed by atoms with Crippen LogP contribution in [0, 0.1) is 0 Å². The van der Waals surface area contributed by atoms with Crippen molar-refractivity contribution in [2.45, 2.75) is 6.36 Å². The molecular formula is C12H7F3N6O3. The van der Waals surface area contributed by atoms with Crippen LogP contribution >= 0.6 is 0 Å². The summed E-state index contributed by atoms with van der Waals surface area (Å²) in [7, 11) is 0. The van der Waals surface area contributed by atoms with Crippen molar-refractivity contribution in [3.8, 4) is 5.75 Å². The first kappa shape index (κ1) is 15.5. The van der Waals surface area contributed by atoms with Gasteiger partial charge in [0.25, 0.3) is 11.9 Å². The number of halogens is 3. The summed E-state index contributed by atoms with van der Waals surface area (Å²) in [6.07, 6.45) is -3.94. The number of para-hydroxylation sites is 1. The Labute approximate surface area is 129 Å². The van der Waals surface area contributed by atoms with Crippen LogP contribution in [0.2, 0.25) is 0 Å². The predicted molar refractivity (Wildman–Crippen MR) is 73.4 cm³/mol. The minimum Gasteiger partial charge on any atom is -0.404 e. The molecule has 0 fully saturated rings. The molecule has 1 amide bonds. The van der Waals surface area contributed by atoms with Crippen LogP contribution in [0.4, 0.5) is 19.1 Å². The number of aromatic nitrogens is 5. The fourth-order valence-corrected chi connectivity index (χ4v) is 1.99. The lowest BCUT2D eigenvalue weighted by Crippen LogP contribution is -2.23. The highest BCUT2D eigenvalue weighted by atomic mass is 19.4. The molecule has 0 saturated heterocycles. The van der Waals surface area contributed by atoms with Gasteiger partial charge in [0, 0.05) is 6.20 Å². The Balaban J connectivity index is 2.02. The van der Waals surface area contributed by atoms with Gasteiger partial charge in [0.15, 0.2) is 5.75 Å². The lowest BCUT2D eigenvalue weighted by molar-refractivity contribution is -0.274. The van der Waals surface area contributed by atoms with E-state index in [-0.39, 0.29) is 22.4 Å². The highest BCUT2D eigenvalue weighted by molar-refractivity contribution is 6.05. The van der Waals surface area contributed by atoms with E-state index in [4.69, 9.17) is 0 Å². The maximum absolute atomic E-state index is 12.4. The molecule has 0 aliphatic heterocycles. The number of rotatable bonds is 3. The predicted octanol–water partition coefficient (Wildman–Crippen LogP) is 1.19. The van der Waals surface area contributed by atoms with Gasteiger partial charge in [0.05, 0.1) is 10.9 Å². The molecular weight excluding hydrogens is 333 g/mol. The molecule has 24 heavy (non-hydrogen) atoms. The number of carbonyl (C=O) groups is 1. The van der Waals surface area contributed by atoms with Crippen molar-refractivity contribution in [3.05, 3.63) is 40.2 Å². The lowest BCUT2D eigenvalue weighted by Gasteiger charge is -2.11. The molecule has 2 heterocycles. The highest BCUT2D eigenvalue weighted by Crippen LogP contribution is 2.28. The van der Waals surface area contributed by atoms with Crippen LogP contribution in [0.5, 0.6) is 5.75 Å². The molecule has 0 aliphatic rings. The van der Waals surface area contributed by atoms with E-state index >= 15 is 0 Å². The van der Waals surface area contributed by atoms with Gasteiger partial charge in [0.1, 0.15) is 5.56 Å². The second-order valence-corrected chi connectivity index (χ2v) is 4.45. The van der Waals surface area contributed by atoms with Crippen molar-refractivity contribution in [2.24, 2.45) is 0 Å². The van der Waals surface area contributed by atoms with Crippen LogP contribution in [-0.2, 0) is 0 Å². The van der Waals surface area contributed by atoms with E-state index in [9.17, 15) is 22.8 Å². The zero-order valence-corrected chi connectivity index (χ0v) is 11.5. The number of hydrogen-bond acceptors (Lipinski definition) is 6. The largest absolute Gasteiger partial charge is 0.573 e. The second kappa shape index (κ2) is 5.64. The fourth-order valence-electron chi connectivity index (χ4n) is 1.99. The molecule has 0 bridgehead atoms. The van der Waals surface area contributed by atoms with Crippen LogP contribution in [0.15, 0.2) is 29.2 Å². The summed E-state index contributed by atoms with van der Waals surface area (Å²) in [6.45, 7) is 0. The highest BCUT2D eigenvalue weighted by Gasteiger charge is 2.32. The Bertz CT molecular complexity index is 951. The Morgan fingerprint density at radius 1 is 1.29 bits per heavy atom. The summed E-state index contributed by atoms with van der Waals surface area (Å²) in [5.74, 6) is -1.59. The van der Waals surface area contributed by atoms with Crippen molar-refractivity contribution < 1.29 is 22.7 Å². The number of pyridine rings is 1. The number of anilines is 1. The average molecular weight is 340 g/mol. The molecule has 0 aliphatic carbocycles. The topological polar surface area (TPSA) is 126 Å². The molecule has 0 unspecified atom stereocenters. The van der Waals surface area contributed by atoms with Gasteiger partial charge in [-0.25, -0.2) is 0 Å². The van der Waals surface area contributed by atoms with Crippen molar-refractivity contribution in [1.82, 2.24) is 25.6 Å². The number of aromatic amines is 2. The van der Waals surface area contributed by atoms with Gasteiger partial charge in [0.2, 0.25) is 5.43 Å². The summed E-state index contributed by atoms with van der Waals surface area (Å²) in [5, 5.41) is 14.4. The van der Waals surface area contributed by atoms with Crippen molar-refractivity contribution in [1.29, 1.82) is 0 Å². The van der Waals surface area contributed by atoms with Gasteiger partial charge in [-0.1, -0.05) is 11.2 Å². The molecule has 12 heteroatoms. The van der Waals surface area contributed by atoms with Crippen molar-refractivity contribution in [2.75, 3.05) is 5.32 Å². The number of ether oxygens (including phenoxy) is 1. The van der Waals surface area contributed by atoms with Gasteiger partial charge in [-0.3, -0.25) is 14.9 Å². The quantitative estimate of drug-likeness (QED) is 0.657. The number of nitrogens with one attached hydrogen (secondary N) is 3. The normalized spacial score (nSPS) is 11.5. The van der Waals surface area contributed by atoms with Gasteiger partial charge >= 0.3 is 6.36 Å². The molecule has 2 aromatic heterocycles. The number of alkyl halides is 3. The Morgan fingerprint density at radius 2 is 2.08 bits per heavy atom. The number of benzene rings is 1. The Hall–Kier alpha value is -3.44. The molecule has 0 saturated carbocycles. The number of carbonyl (C=O) groups excluding carboxylic acids is 1. The second-order valence-electron chi connectivity index (χ2n) is 4.45. The number of nitrogens with zero attached hydrogens (tertiary/aromatic N) is 3. The smallest absolute Gasteiger partial charge is 0.404 e. The number of H-pyrrole nitrogens is 2. The third-order valence-corrected chi connectivity index (χ3v) is 2.92.